The van der Waals surface area contributed by atoms with E-state index in [4.69, 9.17) is 9.47 Å². The van der Waals surface area contributed by atoms with Gasteiger partial charge in [0.1, 0.15) is 0 Å². The Morgan fingerprint density at radius 1 is 1.23 bits per heavy atom. The highest BCUT2D eigenvalue weighted by atomic mass is 16.5. The van der Waals surface area contributed by atoms with Crippen LogP contribution in [-0.4, -0.2) is 27.5 Å². The van der Waals surface area contributed by atoms with Crippen LogP contribution in [0.4, 0.5) is 0 Å². The topological polar surface area (TPSA) is 30.8 Å². The maximum Gasteiger partial charge on any atom is 0.169 e. The summed E-state index contributed by atoms with van der Waals surface area (Å²) in [5.41, 5.74) is 0.921. The number of hydrogen-bond acceptors (Lipinski definition) is 3. The van der Waals surface area contributed by atoms with Crippen molar-refractivity contribution in [3.8, 4) is 11.5 Å². The summed E-state index contributed by atoms with van der Waals surface area (Å²) in [5, 5.41) is 0. The lowest BCUT2D eigenvalue weighted by molar-refractivity contribution is 0.354. The zero-order valence-corrected chi connectivity index (χ0v) is 8.07. The Bertz CT molecular complexity index is 308. The lowest BCUT2D eigenvalue weighted by Gasteiger charge is -2.09. The third-order valence-corrected chi connectivity index (χ3v) is 1.70. The predicted molar refractivity (Wildman–Crippen MR) is 53.1 cm³/mol. The van der Waals surface area contributed by atoms with Gasteiger partial charge in [0.05, 0.1) is 14.2 Å². The number of benzene rings is 1. The number of hydrogen-bond donors (Lipinski definition) is 0. The highest BCUT2D eigenvalue weighted by Gasteiger charge is 2.06. The van der Waals surface area contributed by atoms with Crippen LogP contribution >= 0.6 is 0 Å². The van der Waals surface area contributed by atoms with Gasteiger partial charge in [-0.05, 0) is 12.1 Å². The molecule has 0 aliphatic rings. The van der Waals surface area contributed by atoms with Gasteiger partial charge in [-0.2, -0.15) is 0 Å². The zero-order valence-electron chi connectivity index (χ0n) is 8.07. The molecular formula is C10H13NO2. The van der Waals surface area contributed by atoms with Crippen LogP contribution in [0.3, 0.4) is 0 Å². The van der Waals surface area contributed by atoms with Gasteiger partial charge in [-0.25, -0.2) is 0 Å². The molecule has 0 amide bonds. The van der Waals surface area contributed by atoms with Crippen LogP contribution in [-0.2, 0) is 0 Å². The van der Waals surface area contributed by atoms with E-state index in [0.29, 0.717) is 0 Å². The Labute approximate surface area is 78.0 Å². The molecule has 3 nitrogen and oxygen atoms in total. The summed E-state index contributed by atoms with van der Waals surface area (Å²) in [6.07, 6.45) is 1.74. The Morgan fingerprint density at radius 3 is 2.54 bits per heavy atom. The number of aliphatic imine (C=N–C) groups is 1. The number of rotatable bonds is 3. The van der Waals surface area contributed by atoms with Crippen LogP contribution in [0.15, 0.2) is 23.2 Å². The van der Waals surface area contributed by atoms with Gasteiger partial charge in [-0.15, -0.1) is 0 Å². The Morgan fingerprint density at radius 2 is 2.00 bits per heavy atom. The van der Waals surface area contributed by atoms with Crippen LogP contribution in [0.2, 0.25) is 0 Å². The van der Waals surface area contributed by atoms with E-state index in [0.717, 1.165) is 17.1 Å². The molecule has 1 aromatic carbocycles. The van der Waals surface area contributed by atoms with Gasteiger partial charge >= 0.3 is 0 Å². The minimum atomic E-state index is 0.718. The first kappa shape index (κ1) is 9.58. The molecule has 3 heteroatoms. The van der Waals surface area contributed by atoms with Crippen molar-refractivity contribution in [2.45, 2.75) is 0 Å². The minimum absolute atomic E-state index is 0.718. The van der Waals surface area contributed by atoms with Crippen LogP contribution in [0.1, 0.15) is 5.56 Å². The molecule has 0 spiro atoms. The highest BCUT2D eigenvalue weighted by molar-refractivity contribution is 5.84. The first-order chi connectivity index (χ1) is 6.33. The number of ether oxygens (including phenoxy) is 2. The van der Waals surface area contributed by atoms with E-state index in [1.54, 1.807) is 27.5 Å². The van der Waals surface area contributed by atoms with Crippen LogP contribution in [0.25, 0.3) is 0 Å². The van der Waals surface area contributed by atoms with Gasteiger partial charge < -0.3 is 9.47 Å². The fourth-order valence-electron chi connectivity index (χ4n) is 1.15. The monoisotopic (exact) mass is 179 g/mol. The number of methoxy groups -OCH3 is 2. The van der Waals surface area contributed by atoms with E-state index < -0.39 is 0 Å². The Balaban J connectivity index is 3.18. The zero-order chi connectivity index (χ0) is 9.68. The molecule has 1 aromatic rings. The van der Waals surface area contributed by atoms with Crippen molar-refractivity contribution in [2.24, 2.45) is 4.99 Å². The molecule has 13 heavy (non-hydrogen) atoms. The Hall–Kier alpha value is -1.51. The second-order valence-corrected chi connectivity index (χ2v) is 2.47. The maximum absolute atomic E-state index is 5.20. The molecule has 0 aromatic heterocycles. The van der Waals surface area contributed by atoms with E-state index in [9.17, 15) is 0 Å². The summed E-state index contributed by atoms with van der Waals surface area (Å²) in [6, 6.07) is 5.68. The molecule has 0 aliphatic carbocycles. The molecule has 0 saturated carbocycles. The van der Waals surface area contributed by atoms with Crippen molar-refractivity contribution in [2.75, 3.05) is 21.3 Å². The number of nitrogens with zero attached hydrogens (tertiary/aromatic N) is 1. The molecule has 0 unspecified atom stereocenters. The van der Waals surface area contributed by atoms with Crippen molar-refractivity contribution in [1.29, 1.82) is 0 Å². The maximum atomic E-state index is 5.20. The molecule has 70 valence electrons. The van der Waals surface area contributed by atoms with Crippen molar-refractivity contribution < 1.29 is 9.47 Å². The summed E-state index contributed by atoms with van der Waals surface area (Å²) < 4.78 is 10.3. The predicted octanol–water partition coefficient (Wildman–Crippen LogP) is 1.75. The SMILES string of the molecule is CN=Cc1cccc(OC)c1OC. The summed E-state index contributed by atoms with van der Waals surface area (Å²) in [5.74, 6) is 1.44. The van der Waals surface area contributed by atoms with Gasteiger partial charge in [0, 0.05) is 18.8 Å². The smallest absolute Gasteiger partial charge is 0.169 e. The summed E-state index contributed by atoms with van der Waals surface area (Å²) in [6.45, 7) is 0. The van der Waals surface area contributed by atoms with Crippen LogP contribution in [0.5, 0.6) is 11.5 Å². The van der Waals surface area contributed by atoms with Crippen molar-refractivity contribution >= 4 is 6.21 Å². The van der Waals surface area contributed by atoms with Crippen molar-refractivity contribution in [3.63, 3.8) is 0 Å². The van der Waals surface area contributed by atoms with E-state index in [1.165, 1.54) is 0 Å². The fraction of sp³-hybridized carbons (Fsp3) is 0.300. The molecule has 0 N–H and O–H groups in total. The lowest BCUT2D eigenvalue weighted by Crippen LogP contribution is -1.94. The average Bonchev–Trinajstić information content (AvgIpc) is 2.18. The summed E-state index contributed by atoms with van der Waals surface area (Å²) >= 11 is 0. The molecule has 0 fully saturated rings. The van der Waals surface area contributed by atoms with Crippen molar-refractivity contribution in [3.05, 3.63) is 23.8 Å². The lowest BCUT2D eigenvalue weighted by atomic mass is 10.2. The van der Waals surface area contributed by atoms with E-state index >= 15 is 0 Å². The van der Waals surface area contributed by atoms with Crippen LogP contribution in [0, 0.1) is 0 Å². The largest absolute Gasteiger partial charge is 0.493 e. The van der Waals surface area contributed by atoms with E-state index in [-0.39, 0.29) is 0 Å². The third-order valence-electron chi connectivity index (χ3n) is 1.70. The molecule has 0 aliphatic heterocycles. The third kappa shape index (κ3) is 1.99. The molecule has 0 bridgehead atoms. The highest BCUT2D eigenvalue weighted by Crippen LogP contribution is 2.29. The molecule has 1 rings (SSSR count). The average molecular weight is 179 g/mol. The van der Waals surface area contributed by atoms with E-state index in [2.05, 4.69) is 4.99 Å². The standard InChI is InChI=1S/C10H13NO2/c1-11-7-8-5-4-6-9(12-2)10(8)13-3/h4-7H,1-3H3. The van der Waals surface area contributed by atoms with Gasteiger partial charge in [-0.3, -0.25) is 4.99 Å². The van der Waals surface area contributed by atoms with Crippen molar-refractivity contribution in [1.82, 2.24) is 0 Å². The van der Waals surface area contributed by atoms with Gasteiger partial charge in [0.2, 0.25) is 0 Å². The second-order valence-electron chi connectivity index (χ2n) is 2.47. The molecule has 0 radical (unpaired) electrons. The van der Waals surface area contributed by atoms with Gasteiger partial charge in [-0.1, -0.05) is 6.07 Å². The van der Waals surface area contributed by atoms with Gasteiger partial charge in [0.15, 0.2) is 11.5 Å². The molecule has 0 atom stereocenters. The molecule has 0 heterocycles. The van der Waals surface area contributed by atoms with E-state index in [1.807, 2.05) is 18.2 Å². The fourth-order valence-corrected chi connectivity index (χ4v) is 1.15. The summed E-state index contributed by atoms with van der Waals surface area (Å²) in [7, 11) is 4.95. The molecule has 0 saturated heterocycles. The van der Waals surface area contributed by atoms with Crippen LogP contribution < -0.4 is 9.47 Å². The van der Waals surface area contributed by atoms with Gasteiger partial charge in [0.25, 0.3) is 0 Å². The first-order valence-electron chi connectivity index (χ1n) is 3.96. The molecular weight excluding hydrogens is 166 g/mol. The Kier molecular flexibility index (Phi) is 3.31. The first-order valence-corrected chi connectivity index (χ1v) is 3.96. The number of para-hydroxylation sites is 1. The minimum Gasteiger partial charge on any atom is -0.493 e. The quantitative estimate of drug-likeness (QED) is 0.662. The normalized spacial score (nSPS) is 10.4. The second kappa shape index (κ2) is 4.50. The summed E-state index contributed by atoms with van der Waals surface area (Å²) in [4.78, 5) is 3.93.